The van der Waals surface area contributed by atoms with Gasteiger partial charge >= 0.3 is 5.69 Å². The number of piperidine rings is 1. The van der Waals surface area contributed by atoms with Crippen molar-refractivity contribution in [3.8, 4) is 0 Å². The van der Waals surface area contributed by atoms with Crippen molar-refractivity contribution in [2.24, 2.45) is 11.1 Å². The molecule has 0 bridgehead atoms. The molecule has 1 fully saturated rings. The van der Waals surface area contributed by atoms with Crippen LogP contribution in [-0.4, -0.2) is 39.5 Å². The van der Waals surface area contributed by atoms with Crippen molar-refractivity contribution >= 4 is 16.8 Å². The zero-order chi connectivity index (χ0) is 18.4. The highest BCUT2D eigenvalue weighted by molar-refractivity contribution is 5.97. The van der Waals surface area contributed by atoms with Crippen LogP contribution < -0.4 is 17.0 Å². The molecule has 25 heavy (non-hydrogen) atoms. The summed E-state index contributed by atoms with van der Waals surface area (Å²) in [6, 6.07) is 4.90. The summed E-state index contributed by atoms with van der Waals surface area (Å²) in [6.07, 6.45) is 0.754. The standard InChI is InChI=1S/C18H24N4O3/c1-4-22-16(24)12-6-5-11(9-13(12)20-17(22)25)15(23)21-8-7-14(19)18(2,3)10-21/h5-6,9,14H,4,7-8,10,19H2,1-3H3,(H,20,25). The van der Waals surface area contributed by atoms with E-state index in [1.54, 1.807) is 30.0 Å². The number of hydrogen-bond donors (Lipinski definition) is 2. The highest BCUT2D eigenvalue weighted by atomic mass is 16.2. The van der Waals surface area contributed by atoms with Crippen LogP contribution in [0.4, 0.5) is 0 Å². The molecule has 0 saturated carbocycles. The van der Waals surface area contributed by atoms with E-state index in [2.05, 4.69) is 18.8 Å². The summed E-state index contributed by atoms with van der Waals surface area (Å²) in [6.45, 7) is 7.34. The van der Waals surface area contributed by atoms with Crippen LogP contribution in [0.5, 0.6) is 0 Å². The van der Waals surface area contributed by atoms with Gasteiger partial charge in [0.15, 0.2) is 0 Å². The Hall–Kier alpha value is -2.41. The fraction of sp³-hybridized carbons (Fsp3) is 0.500. The minimum atomic E-state index is -0.463. The summed E-state index contributed by atoms with van der Waals surface area (Å²) < 4.78 is 1.14. The average molecular weight is 344 g/mol. The molecule has 0 aliphatic carbocycles. The fourth-order valence-electron chi connectivity index (χ4n) is 3.40. The summed E-state index contributed by atoms with van der Waals surface area (Å²) in [7, 11) is 0. The third-order valence-corrected chi connectivity index (χ3v) is 5.14. The summed E-state index contributed by atoms with van der Waals surface area (Å²) in [5, 5.41) is 0.402. The van der Waals surface area contributed by atoms with E-state index in [4.69, 9.17) is 5.73 Å². The van der Waals surface area contributed by atoms with Crippen LogP contribution in [0.3, 0.4) is 0 Å². The van der Waals surface area contributed by atoms with Gasteiger partial charge in [0.1, 0.15) is 0 Å². The minimum absolute atomic E-state index is 0.0667. The van der Waals surface area contributed by atoms with Gasteiger partial charge in [-0.25, -0.2) is 4.79 Å². The molecule has 1 unspecified atom stereocenters. The number of likely N-dealkylation sites (tertiary alicyclic amines) is 1. The lowest BCUT2D eigenvalue weighted by Crippen LogP contribution is -2.54. The zero-order valence-electron chi connectivity index (χ0n) is 14.8. The molecular formula is C18H24N4O3. The number of H-pyrrole nitrogens is 1. The number of carbonyl (C=O) groups is 1. The number of nitrogens with one attached hydrogen (secondary N) is 1. The Balaban J connectivity index is 1.98. The van der Waals surface area contributed by atoms with Gasteiger partial charge in [0.2, 0.25) is 0 Å². The fourth-order valence-corrected chi connectivity index (χ4v) is 3.40. The van der Waals surface area contributed by atoms with E-state index in [0.717, 1.165) is 11.0 Å². The highest BCUT2D eigenvalue weighted by Gasteiger charge is 2.35. The van der Waals surface area contributed by atoms with E-state index in [-0.39, 0.29) is 22.9 Å². The van der Waals surface area contributed by atoms with Gasteiger partial charge in [-0.2, -0.15) is 0 Å². The Labute approximate surface area is 145 Å². The molecule has 1 atom stereocenters. The maximum Gasteiger partial charge on any atom is 0.328 e. The molecule has 1 aliphatic rings. The van der Waals surface area contributed by atoms with Gasteiger partial charge in [-0.3, -0.25) is 14.2 Å². The van der Waals surface area contributed by atoms with Gasteiger partial charge in [0.25, 0.3) is 11.5 Å². The van der Waals surface area contributed by atoms with Crippen LogP contribution in [0.2, 0.25) is 0 Å². The van der Waals surface area contributed by atoms with Gasteiger partial charge in [-0.15, -0.1) is 0 Å². The number of nitrogens with two attached hydrogens (primary N) is 1. The first kappa shape index (κ1) is 17.4. The predicted molar refractivity (Wildman–Crippen MR) is 96.8 cm³/mol. The number of rotatable bonds is 2. The second-order valence-corrected chi connectivity index (χ2v) is 7.35. The largest absolute Gasteiger partial charge is 0.338 e. The third kappa shape index (κ3) is 3.00. The number of amides is 1. The molecule has 1 aliphatic heterocycles. The van der Waals surface area contributed by atoms with E-state index in [0.29, 0.717) is 36.1 Å². The number of aromatic amines is 1. The van der Waals surface area contributed by atoms with Crippen molar-refractivity contribution in [3.05, 3.63) is 44.6 Å². The average Bonchev–Trinajstić information content (AvgIpc) is 2.56. The van der Waals surface area contributed by atoms with Crippen molar-refractivity contribution < 1.29 is 4.79 Å². The number of fused-ring (bicyclic) bond motifs is 1. The van der Waals surface area contributed by atoms with Crippen LogP contribution in [0.15, 0.2) is 27.8 Å². The van der Waals surface area contributed by atoms with Crippen LogP contribution in [0.25, 0.3) is 10.9 Å². The summed E-state index contributed by atoms with van der Waals surface area (Å²) in [5.74, 6) is -0.109. The smallest absolute Gasteiger partial charge is 0.328 e. The lowest BCUT2D eigenvalue weighted by molar-refractivity contribution is 0.0533. The van der Waals surface area contributed by atoms with Crippen molar-refractivity contribution in [3.63, 3.8) is 0 Å². The molecule has 1 aromatic heterocycles. The second kappa shape index (κ2) is 6.15. The second-order valence-electron chi connectivity index (χ2n) is 7.35. The van der Waals surface area contributed by atoms with Gasteiger partial charge < -0.3 is 15.6 Å². The zero-order valence-corrected chi connectivity index (χ0v) is 14.8. The third-order valence-electron chi connectivity index (χ3n) is 5.14. The molecule has 7 heteroatoms. The number of hydrogen-bond acceptors (Lipinski definition) is 4. The number of aromatic nitrogens is 2. The van der Waals surface area contributed by atoms with E-state index in [1.165, 1.54) is 0 Å². The quantitative estimate of drug-likeness (QED) is 0.845. The number of benzene rings is 1. The monoisotopic (exact) mass is 344 g/mol. The van der Waals surface area contributed by atoms with Crippen molar-refractivity contribution in [2.45, 2.75) is 39.8 Å². The van der Waals surface area contributed by atoms with E-state index >= 15 is 0 Å². The molecule has 2 aromatic rings. The Morgan fingerprint density at radius 3 is 2.72 bits per heavy atom. The lowest BCUT2D eigenvalue weighted by atomic mass is 9.79. The Morgan fingerprint density at radius 2 is 2.08 bits per heavy atom. The first-order chi connectivity index (χ1) is 11.7. The van der Waals surface area contributed by atoms with Gasteiger partial charge in [0.05, 0.1) is 10.9 Å². The van der Waals surface area contributed by atoms with Crippen LogP contribution in [0, 0.1) is 5.41 Å². The molecular weight excluding hydrogens is 320 g/mol. The summed E-state index contributed by atoms with van der Waals surface area (Å²) in [4.78, 5) is 41.6. The molecule has 3 N–H and O–H groups in total. The first-order valence-electron chi connectivity index (χ1n) is 8.56. The maximum atomic E-state index is 12.8. The maximum absolute atomic E-state index is 12.8. The van der Waals surface area contributed by atoms with Gasteiger partial charge in [0, 0.05) is 31.2 Å². The molecule has 1 amide bonds. The molecule has 3 rings (SSSR count). The van der Waals surface area contributed by atoms with Crippen LogP contribution in [0.1, 0.15) is 37.6 Å². The van der Waals surface area contributed by atoms with E-state index < -0.39 is 5.69 Å². The molecule has 134 valence electrons. The van der Waals surface area contributed by atoms with E-state index in [1.807, 2.05) is 0 Å². The normalized spacial score (nSPS) is 20.0. The predicted octanol–water partition coefficient (Wildman–Crippen LogP) is 0.909. The molecule has 1 saturated heterocycles. The highest BCUT2D eigenvalue weighted by Crippen LogP contribution is 2.28. The summed E-state index contributed by atoms with van der Waals surface area (Å²) >= 11 is 0. The molecule has 0 radical (unpaired) electrons. The minimum Gasteiger partial charge on any atom is -0.338 e. The molecule has 1 aromatic carbocycles. The van der Waals surface area contributed by atoms with Crippen molar-refractivity contribution in [1.82, 2.24) is 14.5 Å². The Morgan fingerprint density at radius 1 is 1.36 bits per heavy atom. The van der Waals surface area contributed by atoms with Gasteiger partial charge in [-0.1, -0.05) is 13.8 Å². The molecule has 2 heterocycles. The topological polar surface area (TPSA) is 101 Å². The van der Waals surface area contributed by atoms with Gasteiger partial charge in [-0.05, 0) is 37.0 Å². The molecule has 0 spiro atoms. The Kier molecular flexibility index (Phi) is 4.28. The first-order valence-corrected chi connectivity index (χ1v) is 8.56. The SMILES string of the molecule is CCn1c(=O)[nH]c2cc(C(=O)N3CCC(N)C(C)(C)C3)ccc2c1=O. The number of nitrogens with zero attached hydrogens (tertiary/aromatic N) is 2. The molecule has 7 nitrogen and oxygen atoms in total. The van der Waals surface area contributed by atoms with Crippen LogP contribution in [-0.2, 0) is 6.54 Å². The van der Waals surface area contributed by atoms with Crippen LogP contribution >= 0.6 is 0 Å². The van der Waals surface area contributed by atoms with Crippen molar-refractivity contribution in [1.29, 1.82) is 0 Å². The van der Waals surface area contributed by atoms with E-state index in [9.17, 15) is 14.4 Å². The Bertz CT molecular complexity index is 941. The summed E-state index contributed by atoms with van der Waals surface area (Å²) in [5.41, 5.74) is 6.03. The van der Waals surface area contributed by atoms with Crippen molar-refractivity contribution in [2.75, 3.05) is 13.1 Å². The lowest BCUT2D eigenvalue weighted by Gasteiger charge is -2.42. The number of carbonyl (C=O) groups excluding carboxylic acids is 1.